The minimum atomic E-state index is -0.151. The summed E-state index contributed by atoms with van der Waals surface area (Å²) in [5, 5.41) is 6.12. The molecule has 1 heterocycles. The third kappa shape index (κ3) is 6.62. The molecular weight excluding hydrogens is 366 g/mol. The van der Waals surface area contributed by atoms with E-state index in [9.17, 15) is 4.79 Å². The van der Waals surface area contributed by atoms with Gasteiger partial charge in [0, 0.05) is 32.1 Å². The maximum absolute atomic E-state index is 12.2. The van der Waals surface area contributed by atoms with Crippen molar-refractivity contribution in [2.45, 2.75) is 13.0 Å². The Kier molecular flexibility index (Phi) is 7.60. The number of amides is 1. The molecule has 0 aliphatic heterocycles. The van der Waals surface area contributed by atoms with Gasteiger partial charge in [0.15, 0.2) is 0 Å². The van der Waals surface area contributed by atoms with Gasteiger partial charge in [0.1, 0.15) is 12.4 Å². The van der Waals surface area contributed by atoms with Crippen molar-refractivity contribution in [3.8, 4) is 5.75 Å². The van der Waals surface area contributed by atoms with Gasteiger partial charge in [-0.25, -0.2) is 0 Å². The number of carbonyl (C=O) groups is 1. The second kappa shape index (κ2) is 10.8. The molecule has 0 bridgehead atoms. The molecule has 1 aromatic heterocycles. The van der Waals surface area contributed by atoms with E-state index < -0.39 is 0 Å². The van der Waals surface area contributed by atoms with E-state index in [1.807, 2.05) is 54.6 Å². The van der Waals surface area contributed by atoms with Crippen LogP contribution < -0.4 is 15.4 Å². The minimum absolute atomic E-state index is 0.151. The van der Waals surface area contributed by atoms with E-state index in [4.69, 9.17) is 9.47 Å². The number of ether oxygens (including phenoxy) is 2. The smallest absolute Gasteiger partial charge is 0.252 e. The largest absolute Gasteiger partial charge is 0.489 e. The summed E-state index contributed by atoms with van der Waals surface area (Å²) in [5.74, 6) is 0.642. The summed E-state index contributed by atoms with van der Waals surface area (Å²) >= 11 is 0. The van der Waals surface area contributed by atoms with Gasteiger partial charge in [-0.05, 0) is 42.3 Å². The molecule has 2 N–H and O–H groups in total. The van der Waals surface area contributed by atoms with Gasteiger partial charge in [-0.2, -0.15) is 0 Å². The highest BCUT2D eigenvalue weighted by molar-refractivity contribution is 5.94. The van der Waals surface area contributed by atoms with E-state index in [1.54, 1.807) is 25.6 Å². The van der Waals surface area contributed by atoms with Gasteiger partial charge in [-0.15, -0.1) is 0 Å². The third-order valence-electron chi connectivity index (χ3n) is 4.20. The topological polar surface area (TPSA) is 72.5 Å². The normalized spacial score (nSPS) is 10.4. The zero-order chi connectivity index (χ0) is 20.3. The highest BCUT2D eigenvalue weighted by atomic mass is 16.5. The van der Waals surface area contributed by atoms with E-state index in [0.29, 0.717) is 25.3 Å². The molecule has 0 fully saturated rings. The first-order valence-electron chi connectivity index (χ1n) is 9.50. The monoisotopic (exact) mass is 391 g/mol. The molecular formula is C23H25N3O3. The lowest BCUT2D eigenvalue weighted by Crippen LogP contribution is -2.25. The van der Waals surface area contributed by atoms with Crippen molar-refractivity contribution in [3.05, 3.63) is 84.2 Å². The predicted molar refractivity (Wildman–Crippen MR) is 114 cm³/mol. The van der Waals surface area contributed by atoms with Gasteiger partial charge in [-0.3, -0.25) is 9.78 Å². The summed E-state index contributed by atoms with van der Waals surface area (Å²) < 4.78 is 10.8. The maximum Gasteiger partial charge on any atom is 0.252 e. The van der Waals surface area contributed by atoms with Gasteiger partial charge in [-0.1, -0.05) is 30.3 Å². The second-order valence-electron chi connectivity index (χ2n) is 6.49. The van der Waals surface area contributed by atoms with Crippen LogP contribution in [0, 0.1) is 0 Å². The van der Waals surface area contributed by atoms with E-state index in [-0.39, 0.29) is 5.91 Å². The molecule has 0 atom stereocenters. The molecule has 1 amide bonds. The van der Waals surface area contributed by atoms with Crippen LogP contribution >= 0.6 is 0 Å². The fourth-order valence-electron chi connectivity index (χ4n) is 2.70. The first-order valence-corrected chi connectivity index (χ1v) is 9.50. The summed E-state index contributed by atoms with van der Waals surface area (Å²) in [5.41, 5.74) is 3.26. The standard InChI is InChI=1S/C23H25N3O3/c1-28-13-5-12-25-23(27)19-14-21(16-24-15-19)26-20-8-10-22(11-9-20)29-17-18-6-3-2-4-7-18/h2-4,6-11,14-16,26H,5,12-13,17H2,1H3,(H,25,27). The van der Waals surface area contributed by atoms with Crippen molar-refractivity contribution in [1.29, 1.82) is 0 Å². The predicted octanol–water partition coefficient (Wildman–Crippen LogP) is 4.17. The van der Waals surface area contributed by atoms with Gasteiger partial charge >= 0.3 is 0 Å². The van der Waals surface area contributed by atoms with Crippen molar-refractivity contribution in [3.63, 3.8) is 0 Å². The van der Waals surface area contributed by atoms with Crippen molar-refractivity contribution in [1.82, 2.24) is 10.3 Å². The Morgan fingerprint density at radius 2 is 1.79 bits per heavy atom. The van der Waals surface area contributed by atoms with Crippen LogP contribution in [0.15, 0.2) is 73.1 Å². The summed E-state index contributed by atoms with van der Waals surface area (Å²) in [6, 6.07) is 19.5. The number of aromatic nitrogens is 1. The molecule has 0 radical (unpaired) electrons. The van der Waals surface area contributed by atoms with E-state index >= 15 is 0 Å². The molecule has 0 aliphatic rings. The number of benzene rings is 2. The molecule has 0 saturated carbocycles. The molecule has 0 spiro atoms. The molecule has 0 aliphatic carbocycles. The molecule has 6 nitrogen and oxygen atoms in total. The van der Waals surface area contributed by atoms with Crippen LogP contribution in [0.25, 0.3) is 0 Å². The first kappa shape index (κ1) is 20.4. The lowest BCUT2D eigenvalue weighted by atomic mass is 10.2. The fraction of sp³-hybridized carbons (Fsp3) is 0.217. The van der Waals surface area contributed by atoms with Crippen LogP contribution in [0.4, 0.5) is 11.4 Å². The molecule has 3 rings (SSSR count). The summed E-state index contributed by atoms with van der Waals surface area (Å²) in [7, 11) is 1.64. The van der Waals surface area contributed by atoms with Crippen molar-refractivity contribution < 1.29 is 14.3 Å². The molecule has 29 heavy (non-hydrogen) atoms. The average molecular weight is 391 g/mol. The highest BCUT2D eigenvalue weighted by Gasteiger charge is 2.07. The van der Waals surface area contributed by atoms with Crippen molar-refractivity contribution in [2.75, 3.05) is 25.6 Å². The lowest BCUT2D eigenvalue weighted by molar-refractivity contribution is 0.0948. The van der Waals surface area contributed by atoms with Gasteiger partial charge in [0.05, 0.1) is 17.4 Å². The second-order valence-corrected chi connectivity index (χ2v) is 6.49. The molecule has 2 aromatic carbocycles. The Morgan fingerprint density at radius 3 is 2.55 bits per heavy atom. The van der Waals surface area contributed by atoms with E-state index in [1.165, 1.54) is 0 Å². The van der Waals surface area contributed by atoms with Gasteiger partial charge in [0.2, 0.25) is 0 Å². The minimum Gasteiger partial charge on any atom is -0.489 e. The molecule has 3 aromatic rings. The Morgan fingerprint density at radius 1 is 1.00 bits per heavy atom. The SMILES string of the molecule is COCCCNC(=O)c1cncc(Nc2ccc(OCc3ccccc3)cc2)c1. The van der Waals surface area contributed by atoms with Crippen molar-refractivity contribution >= 4 is 17.3 Å². The number of nitrogens with one attached hydrogen (secondary N) is 2. The zero-order valence-electron chi connectivity index (χ0n) is 16.4. The van der Waals surface area contributed by atoms with Crippen LogP contribution in [-0.4, -0.2) is 31.2 Å². The number of hydrogen-bond acceptors (Lipinski definition) is 5. The van der Waals surface area contributed by atoms with Crippen LogP contribution in [-0.2, 0) is 11.3 Å². The van der Waals surface area contributed by atoms with E-state index in [2.05, 4.69) is 15.6 Å². The van der Waals surface area contributed by atoms with Crippen LogP contribution in [0.2, 0.25) is 0 Å². The lowest BCUT2D eigenvalue weighted by Gasteiger charge is -2.10. The Bertz CT molecular complexity index is 899. The van der Waals surface area contributed by atoms with Gasteiger partial charge < -0.3 is 20.1 Å². The average Bonchev–Trinajstić information content (AvgIpc) is 2.77. The number of nitrogens with zero attached hydrogens (tertiary/aromatic N) is 1. The Balaban J connectivity index is 1.53. The number of rotatable bonds is 10. The summed E-state index contributed by atoms with van der Waals surface area (Å²) in [6.07, 6.45) is 4.01. The van der Waals surface area contributed by atoms with Gasteiger partial charge in [0.25, 0.3) is 5.91 Å². The number of pyridine rings is 1. The number of methoxy groups -OCH3 is 1. The Hall–Kier alpha value is -3.38. The number of hydrogen-bond donors (Lipinski definition) is 2. The summed E-state index contributed by atoms with van der Waals surface area (Å²) in [6.45, 7) is 1.71. The fourth-order valence-corrected chi connectivity index (χ4v) is 2.70. The molecule has 6 heteroatoms. The quantitative estimate of drug-likeness (QED) is 0.508. The van der Waals surface area contributed by atoms with E-state index in [0.717, 1.165) is 29.1 Å². The first-order chi connectivity index (χ1) is 14.2. The highest BCUT2D eigenvalue weighted by Crippen LogP contribution is 2.21. The van der Waals surface area contributed by atoms with Crippen LogP contribution in [0.3, 0.4) is 0 Å². The van der Waals surface area contributed by atoms with Crippen molar-refractivity contribution in [2.24, 2.45) is 0 Å². The van der Waals surface area contributed by atoms with Crippen LogP contribution in [0.1, 0.15) is 22.3 Å². The molecule has 150 valence electrons. The molecule has 0 unspecified atom stereocenters. The maximum atomic E-state index is 12.2. The molecule has 0 saturated heterocycles. The zero-order valence-corrected chi connectivity index (χ0v) is 16.4. The number of anilines is 2. The third-order valence-corrected chi connectivity index (χ3v) is 4.20. The number of carbonyl (C=O) groups excluding carboxylic acids is 1. The summed E-state index contributed by atoms with van der Waals surface area (Å²) in [4.78, 5) is 16.4. The van der Waals surface area contributed by atoms with Crippen LogP contribution in [0.5, 0.6) is 5.75 Å². The Labute approximate surface area is 170 Å².